The Kier molecular flexibility index (Phi) is 2.66. The standard InChI is InChI=1S/C13H22N2O/c1-8-6-11(8)15-13(16)12-7-9-4-2-3-5-10(9)14-12/h8-12,14H,2-7H2,1H3,(H,15,16). The van der Waals surface area contributed by atoms with E-state index >= 15 is 0 Å². The summed E-state index contributed by atoms with van der Waals surface area (Å²) < 4.78 is 0. The molecule has 2 aliphatic carbocycles. The zero-order chi connectivity index (χ0) is 11.1. The Hall–Kier alpha value is -0.570. The second-order valence-corrected chi connectivity index (χ2v) is 5.93. The van der Waals surface area contributed by atoms with Crippen molar-refractivity contribution in [3.8, 4) is 0 Å². The van der Waals surface area contributed by atoms with E-state index in [1.54, 1.807) is 0 Å². The van der Waals surface area contributed by atoms with Crippen molar-refractivity contribution in [1.29, 1.82) is 0 Å². The van der Waals surface area contributed by atoms with E-state index in [0.717, 1.165) is 12.3 Å². The Morgan fingerprint density at radius 2 is 2.00 bits per heavy atom. The predicted octanol–water partition coefficient (Wildman–Crippen LogP) is 1.43. The fourth-order valence-corrected chi connectivity index (χ4v) is 3.33. The maximum atomic E-state index is 12.0. The van der Waals surface area contributed by atoms with Gasteiger partial charge in [-0.05, 0) is 37.5 Å². The van der Waals surface area contributed by atoms with E-state index in [1.165, 1.54) is 32.1 Å². The average Bonchev–Trinajstić information content (AvgIpc) is 2.82. The van der Waals surface area contributed by atoms with Gasteiger partial charge in [-0.1, -0.05) is 19.8 Å². The molecule has 0 aromatic heterocycles. The van der Waals surface area contributed by atoms with Crippen LogP contribution in [0.25, 0.3) is 0 Å². The zero-order valence-corrected chi connectivity index (χ0v) is 10.0. The van der Waals surface area contributed by atoms with Gasteiger partial charge in [0.15, 0.2) is 0 Å². The molecule has 0 radical (unpaired) electrons. The highest BCUT2D eigenvalue weighted by atomic mass is 16.2. The van der Waals surface area contributed by atoms with Crippen molar-refractivity contribution < 1.29 is 4.79 Å². The number of carbonyl (C=O) groups is 1. The molecule has 5 unspecified atom stereocenters. The Balaban J connectivity index is 1.53. The maximum absolute atomic E-state index is 12.0. The largest absolute Gasteiger partial charge is 0.352 e. The first kappa shape index (κ1) is 10.6. The molecule has 1 amide bonds. The van der Waals surface area contributed by atoms with Gasteiger partial charge in [0, 0.05) is 12.1 Å². The Morgan fingerprint density at radius 3 is 2.69 bits per heavy atom. The van der Waals surface area contributed by atoms with Gasteiger partial charge in [0.25, 0.3) is 0 Å². The molecule has 5 atom stereocenters. The van der Waals surface area contributed by atoms with Gasteiger partial charge in [-0.3, -0.25) is 4.79 Å². The predicted molar refractivity (Wildman–Crippen MR) is 63.0 cm³/mol. The summed E-state index contributed by atoms with van der Waals surface area (Å²) in [5, 5.41) is 6.68. The molecule has 0 bridgehead atoms. The van der Waals surface area contributed by atoms with Crippen molar-refractivity contribution in [1.82, 2.24) is 10.6 Å². The first-order chi connectivity index (χ1) is 7.74. The molecule has 1 aliphatic heterocycles. The summed E-state index contributed by atoms with van der Waals surface area (Å²) in [6, 6.07) is 1.19. The van der Waals surface area contributed by atoms with Crippen molar-refractivity contribution >= 4 is 5.91 Å². The SMILES string of the molecule is CC1CC1NC(=O)C1CC2CCCCC2N1. The van der Waals surface area contributed by atoms with Crippen molar-refractivity contribution in [2.24, 2.45) is 11.8 Å². The normalized spacial score (nSPS) is 46.2. The van der Waals surface area contributed by atoms with E-state index in [-0.39, 0.29) is 11.9 Å². The molecule has 3 rings (SSSR count). The molecule has 3 heteroatoms. The number of nitrogens with one attached hydrogen (secondary N) is 2. The summed E-state index contributed by atoms with van der Waals surface area (Å²) in [7, 11) is 0. The third kappa shape index (κ3) is 1.97. The monoisotopic (exact) mass is 222 g/mol. The van der Waals surface area contributed by atoms with Crippen molar-refractivity contribution in [3.63, 3.8) is 0 Å². The Morgan fingerprint density at radius 1 is 1.25 bits per heavy atom. The molecule has 3 nitrogen and oxygen atoms in total. The van der Waals surface area contributed by atoms with Gasteiger partial charge in [-0.15, -0.1) is 0 Å². The van der Waals surface area contributed by atoms with Crippen LogP contribution in [0.3, 0.4) is 0 Å². The lowest BCUT2D eigenvalue weighted by atomic mass is 9.85. The van der Waals surface area contributed by atoms with E-state index in [0.29, 0.717) is 18.0 Å². The second-order valence-electron chi connectivity index (χ2n) is 5.93. The smallest absolute Gasteiger partial charge is 0.237 e. The topological polar surface area (TPSA) is 41.1 Å². The average molecular weight is 222 g/mol. The first-order valence-electron chi connectivity index (χ1n) is 6.80. The van der Waals surface area contributed by atoms with Crippen LogP contribution in [0.15, 0.2) is 0 Å². The number of hydrogen-bond acceptors (Lipinski definition) is 2. The highest BCUT2D eigenvalue weighted by molar-refractivity contribution is 5.82. The molecular weight excluding hydrogens is 200 g/mol. The van der Waals surface area contributed by atoms with Crippen LogP contribution >= 0.6 is 0 Å². The zero-order valence-electron chi connectivity index (χ0n) is 10.0. The third-order valence-corrected chi connectivity index (χ3v) is 4.62. The van der Waals surface area contributed by atoms with Gasteiger partial charge in [0.05, 0.1) is 6.04 Å². The van der Waals surface area contributed by atoms with E-state index < -0.39 is 0 Å². The Bertz CT molecular complexity index is 278. The van der Waals surface area contributed by atoms with Crippen molar-refractivity contribution in [2.45, 2.75) is 63.6 Å². The van der Waals surface area contributed by atoms with Crippen molar-refractivity contribution in [3.05, 3.63) is 0 Å². The number of carbonyl (C=O) groups excluding carboxylic acids is 1. The lowest BCUT2D eigenvalue weighted by Gasteiger charge is -2.24. The minimum absolute atomic E-state index is 0.0981. The maximum Gasteiger partial charge on any atom is 0.237 e. The van der Waals surface area contributed by atoms with Crippen LogP contribution in [-0.2, 0) is 4.79 Å². The van der Waals surface area contributed by atoms with E-state index in [2.05, 4.69) is 17.6 Å². The van der Waals surface area contributed by atoms with Crippen LogP contribution < -0.4 is 10.6 Å². The molecular formula is C13H22N2O. The minimum Gasteiger partial charge on any atom is -0.352 e. The highest BCUT2D eigenvalue weighted by Crippen LogP contribution is 2.34. The summed E-state index contributed by atoms with van der Waals surface area (Å²) in [5.74, 6) is 1.72. The van der Waals surface area contributed by atoms with Crippen LogP contribution in [0, 0.1) is 11.8 Å². The molecule has 16 heavy (non-hydrogen) atoms. The van der Waals surface area contributed by atoms with Crippen LogP contribution in [0.2, 0.25) is 0 Å². The van der Waals surface area contributed by atoms with E-state index in [1.807, 2.05) is 0 Å². The fraction of sp³-hybridized carbons (Fsp3) is 0.923. The van der Waals surface area contributed by atoms with Gasteiger partial charge in [0.1, 0.15) is 0 Å². The summed E-state index contributed by atoms with van der Waals surface area (Å²) in [6.07, 6.45) is 7.53. The molecule has 1 saturated heterocycles. The highest BCUT2D eigenvalue weighted by Gasteiger charge is 2.41. The van der Waals surface area contributed by atoms with Gasteiger partial charge >= 0.3 is 0 Å². The van der Waals surface area contributed by atoms with Gasteiger partial charge in [-0.25, -0.2) is 0 Å². The minimum atomic E-state index is 0.0981. The quantitative estimate of drug-likeness (QED) is 0.742. The second kappa shape index (κ2) is 4.02. The summed E-state index contributed by atoms with van der Waals surface area (Å²) >= 11 is 0. The number of amides is 1. The van der Waals surface area contributed by atoms with Crippen LogP contribution in [0.1, 0.15) is 45.4 Å². The molecule has 90 valence electrons. The summed E-state index contributed by atoms with van der Waals surface area (Å²) in [4.78, 5) is 12.0. The van der Waals surface area contributed by atoms with Crippen LogP contribution in [0.5, 0.6) is 0 Å². The lowest BCUT2D eigenvalue weighted by Crippen LogP contribution is -2.44. The number of rotatable bonds is 2. The molecule has 2 N–H and O–H groups in total. The third-order valence-electron chi connectivity index (χ3n) is 4.62. The van der Waals surface area contributed by atoms with E-state index in [9.17, 15) is 4.79 Å². The van der Waals surface area contributed by atoms with Gasteiger partial charge in [-0.2, -0.15) is 0 Å². The van der Waals surface area contributed by atoms with Crippen LogP contribution in [0.4, 0.5) is 0 Å². The molecule has 3 aliphatic rings. The van der Waals surface area contributed by atoms with Gasteiger partial charge in [0.2, 0.25) is 5.91 Å². The summed E-state index contributed by atoms with van der Waals surface area (Å²) in [5.41, 5.74) is 0. The molecule has 0 aromatic rings. The Labute approximate surface area is 97.4 Å². The van der Waals surface area contributed by atoms with Crippen molar-refractivity contribution in [2.75, 3.05) is 0 Å². The summed E-state index contributed by atoms with van der Waals surface area (Å²) in [6.45, 7) is 2.20. The molecule has 2 saturated carbocycles. The molecule has 0 spiro atoms. The molecule has 3 fully saturated rings. The number of hydrogen-bond donors (Lipinski definition) is 2. The fourth-order valence-electron chi connectivity index (χ4n) is 3.33. The molecule has 0 aromatic carbocycles. The lowest BCUT2D eigenvalue weighted by molar-refractivity contribution is -0.123. The molecule has 1 heterocycles. The van der Waals surface area contributed by atoms with Crippen LogP contribution in [-0.4, -0.2) is 24.0 Å². The number of fused-ring (bicyclic) bond motifs is 1. The van der Waals surface area contributed by atoms with Gasteiger partial charge < -0.3 is 10.6 Å². The first-order valence-corrected chi connectivity index (χ1v) is 6.80. The van der Waals surface area contributed by atoms with E-state index in [4.69, 9.17) is 0 Å².